The third-order valence-corrected chi connectivity index (χ3v) is 3.42. The largest absolute Gasteiger partial charge is 0.467 e. The van der Waals surface area contributed by atoms with Gasteiger partial charge < -0.3 is 4.74 Å². The molecule has 1 amide bonds. The van der Waals surface area contributed by atoms with E-state index in [0.29, 0.717) is 24.7 Å². The molecule has 1 atom stereocenters. The predicted molar refractivity (Wildman–Crippen MR) is 62.8 cm³/mol. The number of anilines is 1. The molecule has 0 bridgehead atoms. The Morgan fingerprint density at radius 3 is 3.12 bits per heavy atom. The Morgan fingerprint density at radius 1 is 1.69 bits per heavy atom. The van der Waals surface area contributed by atoms with Crippen LogP contribution in [0.3, 0.4) is 0 Å². The van der Waals surface area contributed by atoms with E-state index in [9.17, 15) is 4.79 Å². The van der Waals surface area contributed by atoms with Crippen LogP contribution in [0.1, 0.15) is 6.42 Å². The van der Waals surface area contributed by atoms with Crippen LogP contribution in [-0.4, -0.2) is 34.9 Å². The van der Waals surface area contributed by atoms with Gasteiger partial charge in [-0.2, -0.15) is 4.98 Å². The molecule has 0 N–H and O–H groups in total. The fourth-order valence-corrected chi connectivity index (χ4v) is 2.12. The third kappa shape index (κ3) is 2.16. The molecule has 5 nitrogen and oxygen atoms in total. The molecule has 2 rings (SSSR count). The number of hydrogen-bond donors (Lipinski definition) is 0. The Balaban J connectivity index is 2.20. The molecule has 1 fully saturated rings. The monoisotopic (exact) mass is 285 g/mol. The number of aromatic nitrogens is 2. The van der Waals surface area contributed by atoms with Crippen molar-refractivity contribution in [1.82, 2.24) is 9.97 Å². The van der Waals surface area contributed by atoms with E-state index in [-0.39, 0.29) is 11.9 Å². The normalized spacial score (nSPS) is 20.2. The van der Waals surface area contributed by atoms with Crippen LogP contribution >= 0.6 is 15.9 Å². The lowest BCUT2D eigenvalue weighted by molar-refractivity contribution is -0.117. The maximum atomic E-state index is 11.7. The highest BCUT2D eigenvalue weighted by Gasteiger charge is 2.30. The smallest absolute Gasteiger partial charge is 0.318 e. The lowest BCUT2D eigenvalue weighted by atomic mass is 10.2. The zero-order valence-electron chi connectivity index (χ0n) is 8.89. The number of methoxy groups -OCH3 is 1. The van der Waals surface area contributed by atoms with Crippen LogP contribution in [0.15, 0.2) is 12.3 Å². The van der Waals surface area contributed by atoms with Gasteiger partial charge in [-0.1, -0.05) is 15.9 Å². The Labute approximate surface area is 102 Å². The van der Waals surface area contributed by atoms with Crippen molar-refractivity contribution in [3.05, 3.63) is 12.3 Å². The van der Waals surface area contributed by atoms with Crippen molar-refractivity contribution in [2.75, 3.05) is 23.9 Å². The Kier molecular flexibility index (Phi) is 3.38. The molecule has 0 radical (unpaired) electrons. The summed E-state index contributed by atoms with van der Waals surface area (Å²) in [5, 5.41) is 0.831. The van der Waals surface area contributed by atoms with E-state index < -0.39 is 0 Å². The van der Waals surface area contributed by atoms with Gasteiger partial charge in [0.15, 0.2) is 0 Å². The van der Waals surface area contributed by atoms with Crippen LogP contribution in [0.25, 0.3) is 0 Å². The van der Waals surface area contributed by atoms with E-state index in [1.54, 1.807) is 17.2 Å². The number of alkyl halides is 1. The van der Waals surface area contributed by atoms with E-state index in [1.807, 2.05) is 0 Å². The molecule has 0 spiro atoms. The third-order valence-electron chi connectivity index (χ3n) is 2.50. The first-order valence-electron chi connectivity index (χ1n) is 4.98. The summed E-state index contributed by atoms with van der Waals surface area (Å²) in [6, 6.07) is 2.00. The molecule has 1 aromatic rings. The minimum atomic E-state index is 0.102. The maximum Gasteiger partial charge on any atom is 0.318 e. The number of ether oxygens (including phenoxy) is 1. The lowest BCUT2D eigenvalue weighted by Gasteiger charge is -2.15. The van der Waals surface area contributed by atoms with Gasteiger partial charge >= 0.3 is 6.01 Å². The highest BCUT2D eigenvalue weighted by atomic mass is 79.9. The first kappa shape index (κ1) is 11.3. The molecule has 1 aliphatic rings. The first-order chi connectivity index (χ1) is 7.74. The van der Waals surface area contributed by atoms with E-state index in [2.05, 4.69) is 25.9 Å². The topological polar surface area (TPSA) is 55.3 Å². The van der Waals surface area contributed by atoms with Crippen LogP contribution < -0.4 is 9.64 Å². The molecule has 1 unspecified atom stereocenters. The van der Waals surface area contributed by atoms with Crippen molar-refractivity contribution >= 4 is 27.7 Å². The number of halogens is 1. The minimum Gasteiger partial charge on any atom is -0.467 e. The van der Waals surface area contributed by atoms with E-state index >= 15 is 0 Å². The summed E-state index contributed by atoms with van der Waals surface area (Å²) in [6.07, 6.45) is 2.16. The molecule has 0 aromatic carbocycles. The quantitative estimate of drug-likeness (QED) is 0.784. The summed E-state index contributed by atoms with van der Waals surface area (Å²) in [5.41, 5.74) is 0. The second kappa shape index (κ2) is 4.78. The number of hydrogen-bond acceptors (Lipinski definition) is 4. The van der Waals surface area contributed by atoms with Gasteiger partial charge in [0.05, 0.1) is 7.11 Å². The fourth-order valence-electron chi connectivity index (χ4n) is 1.69. The van der Waals surface area contributed by atoms with Gasteiger partial charge in [0, 0.05) is 24.5 Å². The van der Waals surface area contributed by atoms with Crippen molar-refractivity contribution in [3.63, 3.8) is 0 Å². The number of amides is 1. The first-order valence-corrected chi connectivity index (χ1v) is 6.10. The van der Waals surface area contributed by atoms with E-state index in [1.165, 1.54) is 7.11 Å². The summed E-state index contributed by atoms with van der Waals surface area (Å²) >= 11 is 3.40. The van der Waals surface area contributed by atoms with Gasteiger partial charge in [-0.25, -0.2) is 4.98 Å². The molecular weight excluding hydrogens is 274 g/mol. The molecule has 1 aliphatic heterocycles. The maximum absolute atomic E-state index is 11.7. The van der Waals surface area contributed by atoms with Crippen molar-refractivity contribution in [2.24, 2.45) is 5.92 Å². The number of rotatable bonds is 3. The van der Waals surface area contributed by atoms with Crippen LogP contribution in [0.4, 0.5) is 5.82 Å². The molecule has 6 heteroatoms. The molecular formula is C10H12BrN3O2. The Morgan fingerprint density at radius 2 is 2.50 bits per heavy atom. The molecule has 1 aromatic heterocycles. The summed E-state index contributed by atoms with van der Waals surface area (Å²) in [5.74, 6) is 1.07. The molecule has 0 aliphatic carbocycles. The van der Waals surface area contributed by atoms with Crippen molar-refractivity contribution < 1.29 is 9.53 Å². The Hall–Kier alpha value is -1.17. The van der Waals surface area contributed by atoms with Crippen LogP contribution in [0.5, 0.6) is 6.01 Å². The van der Waals surface area contributed by atoms with Gasteiger partial charge in [0.2, 0.25) is 5.91 Å². The average Bonchev–Trinajstić information content (AvgIpc) is 2.71. The Bertz CT molecular complexity index is 399. The standard InChI is InChI=1S/C10H12BrN3O2/c1-16-10-12-3-2-8(13-10)14-6-7(5-11)4-9(14)15/h2-3,7H,4-6H2,1H3. The van der Waals surface area contributed by atoms with Gasteiger partial charge in [-0.15, -0.1) is 0 Å². The number of carbonyl (C=O) groups is 1. The molecule has 16 heavy (non-hydrogen) atoms. The zero-order chi connectivity index (χ0) is 11.5. The second-order valence-corrected chi connectivity index (χ2v) is 4.28. The van der Waals surface area contributed by atoms with Gasteiger partial charge in [-0.3, -0.25) is 9.69 Å². The summed E-state index contributed by atoms with van der Waals surface area (Å²) in [7, 11) is 1.51. The van der Waals surface area contributed by atoms with E-state index in [0.717, 1.165) is 5.33 Å². The van der Waals surface area contributed by atoms with Crippen LogP contribution in [0.2, 0.25) is 0 Å². The molecule has 86 valence electrons. The lowest BCUT2D eigenvalue weighted by Crippen LogP contribution is -2.25. The molecule has 1 saturated heterocycles. The fraction of sp³-hybridized carbons (Fsp3) is 0.500. The zero-order valence-corrected chi connectivity index (χ0v) is 10.5. The highest BCUT2D eigenvalue weighted by Crippen LogP contribution is 2.25. The van der Waals surface area contributed by atoms with Crippen molar-refractivity contribution in [1.29, 1.82) is 0 Å². The van der Waals surface area contributed by atoms with E-state index in [4.69, 9.17) is 4.74 Å². The average molecular weight is 286 g/mol. The summed E-state index contributed by atoms with van der Waals surface area (Å²) in [6.45, 7) is 0.699. The van der Waals surface area contributed by atoms with Crippen LogP contribution in [0, 0.1) is 5.92 Å². The summed E-state index contributed by atoms with van der Waals surface area (Å²) < 4.78 is 4.93. The summed E-state index contributed by atoms with van der Waals surface area (Å²) in [4.78, 5) is 21.5. The number of carbonyl (C=O) groups excluding carboxylic acids is 1. The highest BCUT2D eigenvalue weighted by molar-refractivity contribution is 9.09. The van der Waals surface area contributed by atoms with Crippen molar-refractivity contribution in [2.45, 2.75) is 6.42 Å². The van der Waals surface area contributed by atoms with Gasteiger partial charge in [0.1, 0.15) is 5.82 Å². The van der Waals surface area contributed by atoms with Crippen molar-refractivity contribution in [3.8, 4) is 6.01 Å². The van der Waals surface area contributed by atoms with Gasteiger partial charge in [-0.05, 0) is 12.0 Å². The molecule has 0 saturated carbocycles. The predicted octanol–water partition coefficient (Wildman–Crippen LogP) is 1.23. The second-order valence-electron chi connectivity index (χ2n) is 3.63. The molecule has 2 heterocycles. The SMILES string of the molecule is COc1nccc(N2CC(CBr)CC2=O)n1. The van der Waals surface area contributed by atoms with Crippen LogP contribution in [-0.2, 0) is 4.79 Å². The number of nitrogens with zero attached hydrogens (tertiary/aromatic N) is 3. The van der Waals surface area contributed by atoms with Gasteiger partial charge in [0.25, 0.3) is 0 Å². The minimum absolute atomic E-state index is 0.102.